The second-order valence-corrected chi connectivity index (χ2v) is 6.68. The molecule has 1 heterocycles. The molecule has 1 aromatic carbocycles. The summed E-state index contributed by atoms with van der Waals surface area (Å²) in [6.45, 7) is 7.77. The van der Waals surface area contributed by atoms with Gasteiger partial charge >= 0.3 is 0 Å². The summed E-state index contributed by atoms with van der Waals surface area (Å²) in [6.07, 6.45) is 1.18. The van der Waals surface area contributed by atoms with Gasteiger partial charge in [-0.2, -0.15) is 11.8 Å². The monoisotopic (exact) mass is 309 g/mol. The van der Waals surface area contributed by atoms with Crippen LogP contribution in [0.25, 0.3) is 0 Å². The smallest absolute Gasteiger partial charge is 0.292 e. The van der Waals surface area contributed by atoms with Crippen LogP contribution in [0.5, 0.6) is 0 Å². The largest absolute Gasteiger partial charge is 0.380 e. The zero-order valence-electron chi connectivity index (χ0n) is 12.7. The van der Waals surface area contributed by atoms with Crippen LogP contribution in [-0.4, -0.2) is 40.5 Å². The fourth-order valence-electron chi connectivity index (χ4n) is 2.60. The number of rotatable bonds is 6. The number of nitro benzene ring substituents is 1. The van der Waals surface area contributed by atoms with Crippen molar-refractivity contribution >= 4 is 23.1 Å². The van der Waals surface area contributed by atoms with Crippen molar-refractivity contribution in [3.63, 3.8) is 0 Å². The predicted molar refractivity (Wildman–Crippen MR) is 89.1 cm³/mol. The first-order valence-electron chi connectivity index (χ1n) is 7.49. The van der Waals surface area contributed by atoms with E-state index in [2.05, 4.69) is 17.1 Å². The van der Waals surface area contributed by atoms with Crippen LogP contribution in [0.1, 0.15) is 25.8 Å². The van der Waals surface area contributed by atoms with E-state index in [1.165, 1.54) is 6.42 Å². The van der Waals surface area contributed by atoms with E-state index in [0.717, 1.165) is 31.0 Å². The third-order valence-electron chi connectivity index (χ3n) is 3.71. The Kier molecular flexibility index (Phi) is 5.87. The number of nitrogens with zero attached hydrogens (tertiary/aromatic N) is 2. The van der Waals surface area contributed by atoms with Crippen LogP contribution in [0.3, 0.4) is 0 Å². The van der Waals surface area contributed by atoms with Crippen LogP contribution in [-0.2, 0) is 6.54 Å². The minimum absolute atomic E-state index is 0.174. The average Bonchev–Trinajstić information content (AvgIpc) is 2.49. The van der Waals surface area contributed by atoms with Crippen LogP contribution in [0.4, 0.5) is 11.4 Å². The first kappa shape index (κ1) is 16.1. The fraction of sp³-hybridized carbons (Fsp3) is 0.600. The standard InChI is InChI=1S/C15H23N3O2S/c1-3-13-11-17(7-8-21-13)10-12-5-6-14(16-4-2)15(9-12)18(19)20/h5-6,9,13,16H,3-4,7-8,10-11H2,1-2H3. The molecule has 1 aromatic rings. The molecule has 0 amide bonds. The summed E-state index contributed by atoms with van der Waals surface area (Å²) in [4.78, 5) is 13.3. The molecule has 1 fully saturated rings. The highest BCUT2D eigenvalue weighted by molar-refractivity contribution is 8.00. The molecule has 0 aromatic heterocycles. The zero-order chi connectivity index (χ0) is 15.2. The molecule has 1 saturated heterocycles. The van der Waals surface area contributed by atoms with E-state index < -0.39 is 0 Å². The lowest BCUT2D eigenvalue weighted by molar-refractivity contribution is -0.384. The Labute approximate surface area is 130 Å². The SMILES string of the molecule is CCNc1ccc(CN2CCSC(CC)C2)cc1[N+](=O)[O-]. The van der Waals surface area contributed by atoms with E-state index in [9.17, 15) is 10.1 Å². The maximum Gasteiger partial charge on any atom is 0.292 e. The van der Waals surface area contributed by atoms with Gasteiger partial charge in [-0.1, -0.05) is 13.0 Å². The highest BCUT2D eigenvalue weighted by atomic mass is 32.2. The van der Waals surface area contributed by atoms with Gasteiger partial charge in [-0.3, -0.25) is 15.0 Å². The lowest BCUT2D eigenvalue weighted by Crippen LogP contribution is -2.37. The minimum Gasteiger partial charge on any atom is -0.380 e. The maximum absolute atomic E-state index is 11.2. The molecule has 5 nitrogen and oxygen atoms in total. The van der Waals surface area contributed by atoms with Gasteiger partial charge in [-0.25, -0.2) is 0 Å². The summed E-state index contributed by atoms with van der Waals surface area (Å²) in [5.41, 5.74) is 1.80. The van der Waals surface area contributed by atoms with Gasteiger partial charge in [-0.05, 0) is 25.0 Å². The van der Waals surface area contributed by atoms with Gasteiger partial charge in [0.2, 0.25) is 0 Å². The quantitative estimate of drug-likeness (QED) is 0.645. The van der Waals surface area contributed by atoms with E-state index in [1.807, 2.05) is 30.8 Å². The number of thioether (sulfide) groups is 1. The molecule has 0 saturated carbocycles. The summed E-state index contributed by atoms with van der Waals surface area (Å²) < 4.78 is 0. The van der Waals surface area contributed by atoms with Crippen LogP contribution < -0.4 is 5.32 Å². The van der Waals surface area contributed by atoms with Crippen molar-refractivity contribution in [2.75, 3.05) is 30.7 Å². The Morgan fingerprint density at radius 1 is 1.48 bits per heavy atom. The van der Waals surface area contributed by atoms with Crippen molar-refractivity contribution in [2.24, 2.45) is 0 Å². The summed E-state index contributed by atoms with van der Waals surface area (Å²) in [6, 6.07) is 5.53. The first-order chi connectivity index (χ1) is 10.1. The van der Waals surface area contributed by atoms with Crippen molar-refractivity contribution in [3.8, 4) is 0 Å². The van der Waals surface area contributed by atoms with Crippen LogP contribution in [0, 0.1) is 10.1 Å². The molecule has 2 rings (SSSR count). The van der Waals surface area contributed by atoms with Crippen molar-refractivity contribution in [1.29, 1.82) is 0 Å². The van der Waals surface area contributed by atoms with Crippen molar-refractivity contribution in [2.45, 2.75) is 32.1 Å². The summed E-state index contributed by atoms with van der Waals surface area (Å²) in [5, 5.41) is 14.9. The van der Waals surface area contributed by atoms with Crippen molar-refractivity contribution in [3.05, 3.63) is 33.9 Å². The normalized spacial score (nSPS) is 19.4. The van der Waals surface area contributed by atoms with Crippen LogP contribution >= 0.6 is 11.8 Å². The second-order valence-electron chi connectivity index (χ2n) is 5.28. The molecule has 0 bridgehead atoms. The molecule has 116 valence electrons. The third-order valence-corrected chi connectivity index (χ3v) is 5.08. The lowest BCUT2D eigenvalue weighted by Gasteiger charge is -2.31. The maximum atomic E-state index is 11.2. The molecule has 6 heteroatoms. The molecular formula is C15H23N3O2S. The molecule has 21 heavy (non-hydrogen) atoms. The molecule has 1 atom stereocenters. The van der Waals surface area contributed by atoms with Crippen LogP contribution in [0.15, 0.2) is 18.2 Å². The highest BCUT2D eigenvalue weighted by Crippen LogP contribution is 2.27. The lowest BCUT2D eigenvalue weighted by atomic mass is 10.1. The first-order valence-corrected chi connectivity index (χ1v) is 8.54. The van der Waals surface area contributed by atoms with Gasteiger partial charge in [0.25, 0.3) is 5.69 Å². The van der Waals surface area contributed by atoms with Crippen molar-refractivity contribution < 1.29 is 4.92 Å². The number of benzene rings is 1. The van der Waals surface area contributed by atoms with Gasteiger partial charge in [-0.15, -0.1) is 0 Å². The summed E-state index contributed by atoms with van der Waals surface area (Å²) >= 11 is 2.03. The number of hydrogen-bond acceptors (Lipinski definition) is 5. The number of nitrogens with one attached hydrogen (secondary N) is 1. The van der Waals surface area contributed by atoms with Crippen molar-refractivity contribution in [1.82, 2.24) is 4.90 Å². The van der Waals surface area contributed by atoms with Crippen LogP contribution in [0.2, 0.25) is 0 Å². The number of nitro groups is 1. The second kappa shape index (κ2) is 7.66. The number of hydrogen-bond donors (Lipinski definition) is 1. The molecule has 1 N–H and O–H groups in total. The van der Waals surface area contributed by atoms with Gasteiger partial charge in [0, 0.05) is 43.2 Å². The molecule has 1 aliphatic heterocycles. The summed E-state index contributed by atoms with van der Waals surface area (Å²) in [5.74, 6) is 1.15. The Bertz CT molecular complexity index is 496. The zero-order valence-corrected chi connectivity index (χ0v) is 13.5. The third kappa shape index (κ3) is 4.35. The van der Waals surface area contributed by atoms with Gasteiger partial charge in [0.1, 0.15) is 5.69 Å². The highest BCUT2D eigenvalue weighted by Gasteiger charge is 2.20. The van der Waals surface area contributed by atoms with Gasteiger partial charge in [0.15, 0.2) is 0 Å². The Balaban J connectivity index is 2.09. The summed E-state index contributed by atoms with van der Waals surface area (Å²) in [7, 11) is 0. The number of anilines is 1. The van der Waals surface area contributed by atoms with Gasteiger partial charge in [0.05, 0.1) is 4.92 Å². The van der Waals surface area contributed by atoms with Gasteiger partial charge < -0.3 is 5.32 Å². The van der Waals surface area contributed by atoms with E-state index in [-0.39, 0.29) is 10.6 Å². The molecule has 0 spiro atoms. The predicted octanol–water partition coefficient (Wildman–Crippen LogP) is 3.35. The molecular weight excluding hydrogens is 286 g/mol. The van der Waals surface area contributed by atoms with E-state index in [4.69, 9.17) is 0 Å². The Morgan fingerprint density at radius 2 is 2.29 bits per heavy atom. The molecule has 0 aliphatic carbocycles. The van der Waals surface area contributed by atoms with E-state index >= 15 is 0 Å². The fourth-order valence-corrected chi connectivity index (χ4v) is 3.84. The Hall–Kier alpha value is -1.27. The topological polar surface area (TPSA) is 58.4 Å². The minimum atomic E-state index is -0.303. The molecule has 0 radical (unpaired) electrons. The molecule has 1 aliphatic rings. The van der Waals surface area contributed by atoms with E-state index in [0.29, 0.717) is 17.5 Å². The molecule has 1 unspecified atom stereocenters. The van der Waals surface area contributed by atoms with E-state index in [1.54, 1.807) is 6.07 Å². The Morgan fingerprint density at radius 3 is 2.95 bits per heavy atom. The average molecular weight is 309 g/mol.